The Labute approximate surface area is 131 Å². The van der Waals surface area contributed by atoms with E-state index in [0.29, 0.717) is 11.3 Å². The van der Waals surface area contributed by atoms with Crippen molar-refractivity contribution in [3.8, 4) is 5.75 Å². The molecule has 1 aromatic rings. The van der Waals surface area contributed by atoms with Gasteiger partial charge in [-0.15, -0.1) is 0 Å². The molecule has 0 amide bonds. The summed E-state index contributed by atoms with van der Waals surface area (Å²) >= 11 is 3.96. The SMILES string of the molecule is CCOP(=O)(OCC)[C@@](C)(NNS)c1cccc(OC)c1. The molecule has 0 saturated carbocycles. The van der Waals surface area contributed by atoms with E-state index in [1.807, 2.05) is 18.2 Å². The Morgan fingerprint density at radius 3 is 2.38 bits per heavy atom. The summed E-state index contributed by atoms with van der Waals surface area (Å²) in [5.74, 6) is 0.652. The summed E-state index contributed by atoms with van der Waals surface area (Å²) in [6, 6.07) is 7.23. The molecule has 0 heterocycles. The van der Waals surface area contributed by atoms with Crippen LogP contribution in [0, 0.1) is 0 Å². The average molecular weight is 334 g/mol. The Hall–Kier alpha value is -0.560. The summed E-state index contributed by atoms with van der Waals surface area (Å²) in [6.07, 6.45) is 0. The van der Waals surface area contributed by atoms with Gasteiger partial charge in [0.05, 0.1) is 20.3 Å². The van der Waals surface area contributed by atoms with E-state index >= 15 is 0 Å². The zero-order valence-electron chi connectivity index (χ0n) is 12.8. The highest BCUT2D eigenvalue weighted by molar-refractivity contribution is 7.78. The maximum Gasteiger partial charge on any atom is 0.356 e. The quantitative estimate of drug-likeness (QED) is 0.366. The summed E-state index contributed by atoms with van der Waals surface area (Å²) in [6.45, 7) is 5.81. The van der Waals surface area contributed by atoms with Crippen LogP contribution in [0.4, 0.5) is 0 Å². The lowest BCUT2D eigenvalue weighted by atomic mass is 10.1. The van der Waals surface area contributed by atoms with Gasteiger partial charge in [-0.05, 0) is 38.5 Å². The van der Waals surface area contributed by atoms with Crippen LogP contribution in [0.1, 0.15) is 26.3 Å². The van der Waals surface area contributed by atoms with Crippen molar-refractivity contribution in [2.75, 3.05) is 20.3 Å². The molecule has 1 atom stereocenters. The number of benzene rings is 1. The molecule has 0 aliphatic carbocycles. The molecule has 0 aromatic heterocycles. The van der Waals surface area contributed by atoms with E-state index < -0.39 is 12.9 Å². The first kappa shape index (κ1) is 18.5. The number of thiol groups is 1. The summed E-state index contributed by atoms with van der Waals surface area (Å²) in [5.41, 5.74) is 3.58. The fourth-order valence-electron chi connectivity index (χ4n) is 1.97. The van der Waals surface area contributed by atoms with E-state index in [2.05, 4.69) is 23.1 Å². The molecule has 0 aliphatic heterocycles. The van der Waals surface area contributed by atoms with E-state index in [1.165, 1.54) is 0 Å². The van der Waals surface area contributed by atoms with Gasteiger partial charge in [0.25, 0.3) is 0 Å². The Kier molecular flexibility index (Phi) is 7.20. The topological polar surface area (TPSA) is 68.8 Å². The van der Waals surface area contributed by atoms with E-state index in [4.69, 9.17) is 13.8 Å². The van der Waals surface area contributed by atoms with Crippen LogP contribution in [0.2, 0.25) is 0 Å². The average Bonchev–Trinajstić information content (AvgIpc) is 2.48. The molecular weight excluding hydrogens is 311 g/mol. The van der Waals surface area contributed by atoms with Crippen molar-refractivity contribution >= 4 is 20.4 Å². The molecule has 0 spiro atoms. The summed E-state index contributed by atoms with van der Waals surface area (Å²) in [4.78, 5) is 2.54. The molecular formula is C13H23N2O4PS. The minimum Gasteiger partial charge on any atom is -0.497 e. The van der Waals surface area contributed by atoms with E-state index in [1.54, 1.807) is 33.9 Å². The molecule has 6 nitrogen and oxygen atoms in total. The number of nitrogens with one attached hydrogen (secondary N) is 2. The molecule has 0 bridgehead atoms. The van der Waals surface area contributed by atoms with E-state index in [-0.39, 0.29) is 13.2 Å². The first-order valence-electron chi connectivity index (χ1n) is 6.67. The van der Waals surface area contributed by atoms with Crippen molar-refractivity contribution in [3.05, 3.63) is 29.8 Å². The van der Waals surface area contributed by atoms with Crippen molar-refractivity contribution in [1.82, 2.24) is 10.3 Å². The lowest BCUT2D eigenvalue weighted by molar-refractivity contribution is 0.187. The molecule has 0 aliphatic rings. The second-order valence-corrected chi connectivity index (χ2v) is 7.00. The van der Waals surface area contributed by atoms with Gasteiger partial charge in [-0.25, -0.2) is 10.3 Å². The third-order valence-electron chi connectivity index (χ3n) is 3.08. The lowest BCUT2D eigenvalue weighted by Gasteiger charge is -2.36. The first-order chi connectivity index (χ1) is 9.97. The summed E-state index contributed by atoms with van der Waals surface area (Å²) in [5, 5.41) is -1.12. The van der Waals surface area contributed by atoms with Crippen LogP contribution in [0.3, 0.4) is 0 Å². The van der Waals surface area contributed by atoms with E-state index in [0.717, 1.165) is 0 Å². The zero-order valence-corrected chi connectivity index (χ0v) is 14.5. The third-order valence-corrected chi connectivity index (χ3v) is 5.85. The number of methoxy groups -OCH3 is 1. The summed E-state index contributed by atoms with van der Waals surface area (Å²) < 4.78 is 29.4. The highest BCUT2D eigenvalue weighted by Crippen LogP contribution is 2.63. The maximum atomic E-state index is 13.2. The van der Waals surface area contributed by atoms with Crippen LogP contribution in [-0.2, 0) is 18.9 Å². The molecule has 0 radical (unpaired) electrons. The molecule has 120 valence electrons. The molecule has 0 unspecified atom stereocenters. The van der Waals surface area contributed by atoms with Crippen molar-refractivity contribution in [2.45, 2.75) is 26.1 Å². The van der Waals surface area contributed by atoms with Gasteiger partial charge in [0, 0.05) is 0 Å². The lowest BCUT2D eigenvalue weighted by Crippen LogP contribution is -2.45. The van der Waals surface area contributed by atoms with Gasteiger partial charge < -0.3 is 13.8 Å². The van der Waals surface area contributed by atoms with Gasteiger partial charge in [0.2, 0.25) is 0 Å². The van der Waals surface area contributed by atoms with Gasteiger partial charge in [0.1, 0.15) is 5.75 Å². The predicted octanol–water partition coefficient (Wildman–Crippen LogP) is 3.07. The Morgan fingerprint density at radius 1 is 1.29 bits per heavy atom. The maximum absolute atomic E-state index is 13.2. The predicted molar refractivity (Wildman–Crippen MR) is 86.5 cm³/mol. The molecule has 2 N–H and O–H groups in total. The monoisotopic (exact) mass is 334 g/mol. The summed E-state index contributed by atoms with van der Waals surface area (Å²) in [7, 11) is -1.91. The number of hydrazine groups is 1. The second-order valence-electron chi connectivity index (χ2n) is 4.37. The molecule has 0 fully saturated rings. The van der Waals surface area contributed by atoms with Crippen LogP contribution < -0.4 is 15.0 Å². The number of hydrogen-bond donors (Lipinski definition) is 3. The minimum absolute atomic E-state index is 0.269. The molecule has 0 saturated heterocycles. The van der Waals surface area contributed by atoms with Crippen LogP contribution in [0.15, 0.2) is 24.3 Å². The fourth-order valence-corrected chi connectivity index (χ4v) is 4.20. The van der Waals surface area contributed by atoms with Crippen molar-refractivity contribution < 1.29 is 18.3 Å². The molecule has 1 rings (SSSR count). The standard InChI is InChI=1S/C13H23N2O4PS/c1-5-18-20(16,19-6-2)13(3,14-15-21)11-8-7-9-12(10-11)17-4/h7-10,14-15,21H,5-6H2,1-4H3/t13-/m1/s1. The van der Waals surface area contributed by atoms with Crippen molar-refractivity contribution in [3.63, 3.8) is 0 Å². The Balaban J connectivity index is 3.36. The van der Waals surface area contributed by atoms with Crippen LogP contribution in [0.5, 0.6) is 5.75 Å². The first-order valence-corrected chi connectivity index (χ1v) is 8.66. The molecule has 1 aromatic carbocycles. The van der Waals surface area contributed by atoms with Gasteiger partial charge in [-0.1, -0.05) is 24.9 Å². The largest absolute Gasteiger partial charge is 0.497 e. The zero-order chi connectivity index (χ0) is 15.9. The molecule has 21 heavy (non-hydrogen) atoms. The van der Waals surface area contributed by atoms with Gasteiger partial charge >= 0.3 is 7.60 Å². The highest BCUT2D eigenvalue weighted by atomic mass is 32.1. The Morgan fingerprint density at radius 2 is 1.90 bits per heavy atom. The van der Waals surface area contributed by atoms with Gasteiger partial charge in [-0.2, -0.15) is 0 Å². The van der Waals surface area contributed by atoms with Crippen molar-refractivity contribution in [2.24, 2.45) is 0 Å². The number of ether oxygens (including phenoxy) is 1. The van der Waals surface area contributed by atoms with Gasteiger partial charge in [-0.3, -0.25) is 4.57 Å². The van der Waals surface area contributed by atoms with Gasteiger partial charge in [0.15, 0.2) is 5.28 Å². The van der Waals surface area contributed by atoms with E-state index in [9.17, 15) is 4.57 Å². The Bertz CT molecular complexity index is 493. The minimum atomic E-state index is -3.49. The smallest absolute Gasteiger partial charge is 0.356 e. The van der Waals surface area contributed by atoms with Crippen LogP contribution in [0.25, 0.3) is 0 Å². The second kappa shape index (κ2) is 8.17. The number of hydrogen-bond acceptors (Lipinski definition) is 7. The molecule has 8 heteroatoms. The highest BCUT2D eigenvalue weighted by Gasteiger charge is 2.48. The fraction of sp³-hybridized carbons (Fsp3) is 0.538. The van der Waals surface area contributed by atoms with Crippen LogP contribution in [-0.4, -0.2) is 20.3 Å². The normalized spacial score (nSPS) is 14.7. The van der Waals surface area contributed by atoms with Crippen molar-refractivity contribution in [1.29, 1.82) is 0 Å². The number of rotatable bonds is 9. The van der Waals surface area contributed by atoms with Crippen LogP contribution >= 0.6 is 20.4 Å². The third kappa shape index (κ3) is 4.00.